The third-order valence-corrected chi connectivity index (χ3v) is 1.76. The van der Waals surface area contributed by atoms with E-state index in [1.54, 1.807) is 14.0 Å². The topological polar surface area (TPSA) is 58.2 Å². The highest BCUT2D eigenvalue weighted by Gasteiger charge is 2.05. The lowest BCUT2D eigenvalue weighted by Crippen LogP contribution is -2.38. The molecule has 10 heavy (non-hydrogen) atoms. The van der Waals surface area contributed by atoms with Crippen molar-refractivity contribution >= 4 is 10.0 Å². The first kappa shape index (κ1) is 9.87. The van der Waals surface area contributed by atoms with Crippen molar-refractivity contribution in [1.29, 1.82) is 0 Å². The number of hydrogen-bond donors (Lipinski definition) is 2. The van der Waals surface area contributed by atoms with Crippen LogP contribution in [0.1, 0.15) is 6.92 Å². The first-order chi connectivity index (χ1) is 4.45. The molecule has 0 radical (unpaired) electrons. The van der Waals surface area contributed by atoms with Crippen molar-refractivity contribution in [3.8, 4) is 0 Å². The van der Waals surface area contributed by atoms with Crippen LogP contribution in [-0.2, 0) is 10.0 Å². The van der Waals surface area contributed by atoms with E-state index in [0.29, 0.717) is 6.54 Å². The lowest BCUT2D eigenvalue weighted by molar-refractivity contribution is 0.556. The van der Waals surface area contributed by atoms with Gasteiger partial charge in [0, 0.05) is 12.6 Å². The molecular formula is C5H14N2O2S. The minimum Gasteiger partial charge on any atom is -0.318 e. The molecule has 0 spiro atoms. The van der Waals surface area contributed by atoms with Crippen molar-refractivity contribution < 1.29 is 8.42 Å². The molecule has 0 aromatic carbocycles. The van der Waals surface area contributed by atoms with Crippen molar-refractivity contribution in [3.63, 3.8) is 0 Å². The Morgan fingerprint density at radius 2 is 2.00 bits per heavy atom. The minimum absolute atomic E-state index is 0.0417. The van der Waals surface area contributed by atoms with Gasteiger partial charge in [-0.3, -0.25) is 0 Å². The summed E-state index contributed by atoms with van der Waals surface area (Å²) in [6.45, 7) is 2.45. The second kappa shape index (κ2) is 3.90. The number of nitrogens with one attached hydrogen (secondary N) is 2. The number of rotatable bonds is 4. The fraction of sp³-hybridized carbons (Fsp3) is 1.00. The van der Waals surface area contributed by atoms with Gasteiger partial charge >= 0.3 is 0 Å². The van der Waals surface area contributed by atoms with Gasteiger partial charge in [-0.15, -0.1) is 0 Å². The predicted molar refractivity (Wildman–Crippen MR) is 41.4 cm³/mol. The number of sulfonamides is 1. The van der Waals surface area contributed by atoms with Crippen molar-refractivity contribution in [3.05, 3.63) is 0 Å². The molecule has 0 bridgehead atoms. The standard InChI is InChI=1S/C5H14N2O2S/c1-5(4-6-2)7-10(3,8)9/h5-7H,4H2,1-3H3. The Labute approximate surface area is 62.1 Å². The Morgan fingerprint density at radius 3 is 2.30 bits per heavy atom. The van der Waals surface area contributed by atoms with Crippen molar-refractivity contribution in [1.82, 2.24) is 10.0 Å². The highest BCUT2D eigenvalue weighted by atomic mass is 32.2. The van der Waals surface area contributed by atoms with Gasteiger partial charge in [-0.25, -0.2) is 13.1 Å². The van der Waals surface area contributed by atoms with Gasteiger partial charge in [-0.05, 0) is 14.0 Å². The van der Waals surface area contributed by atoms with Gasteiger partial charge in [0.15, 0.2) is 0 Å². The summed E-state index contributed by atoms with van der Waals surface area (Å²) < 4.78 is 23.6. The maximum atomic E-state index is 10.6. The summed E-state index contributed by atoms with van der Waals surface area (Å²) >= 11 is 0. The highest BCUT2D eigenvalue weighted by molar-refractivity contribution is 7.88. The molecule has 0 aromatic heterocycles. The second-order valence-electron chi connectivity index (χ2n) is 2.35. The van der Waals surface area contributed by atoms with Crippen molar-refractivity contribution in [2.24, 2.45) is 0 Å². The summed E-state index contributed by atoms with van der Waals surface area (Å²) in [5.74, 6) is 0. The summed E-state index contributed by atoms with van der Waals surface area (Å²) in [6.07, 6.45) is 1.15. The average molecular weight is 166 g/mol. The summed E-state index contributed by atoms with van der Waals surface area (Å²) in [5.41, 5.74) is 0. The molecule has 0 amide bonds. The molecule has 0 aliphatic rings. The molecule has 4 nitrogen and oxygen atoms in total. The Hall–Kier alpha value is -0.130. The number of likely N-dealkylation sites (N-methyl/N-ethyl adjacent to an activating group) is 1. The van der Waals surface area contributed by atoms with E-state index >= 15 is 0 Å². The van der Waals surface area contributed by atoms with E-state index in [9.17, 15) is 8.42 Å². The van der Waals surface area contributed by atoms with Gasteiger partial charge in [0.25, 0.3) is 0 Å². The van der Waals surface area contributed by atoms with Crippen LogP contribution in [0.3, 0.4) is 0 Å². The lowest BCUT2D eigenvalue weighted by atomic mass is 10.4. The van der Waals surface area contributed by atoms with Crippen LogP contribution >= 0.6 is 0 Å². The van der Waals surface area contributed by atoms with E-state index in [4.69, 9.17) is 0 Å². The fourth-order valence-corrected chi connectivity index (χ4v) is 1.53. The summed E-state index contributed by atoms with van der Waals surface area (Å²) in [7, 11) is -1.26. The predicted octanol–water partition coefficient (Wildman–Crippen LogP) is -0.856. The molecule has 0 saturated carbocycles. The molecule has 0 aromatic rings. The molecule has 0 fully saturated rings. The average Bonchev–Trinajstić information content (AvgIpc) is 1.59. The summed E-state index contributed by atoms with van der Waals surface area (Å²) in [5, 5.41) is 2.86. The third-order valence-electron chi connectivity index (χ3n) is 0.926. The maximum absolute atomic E-state index is 10.6. The SMILES string of the molecule is CNCC(C)NS(C)(=O)=O. The molecule has 1 atom stereocenters. The Kier molecular flexibility index (Phi) is 3.85. The van der Waals surface area contributed by atoms with E-state index < -0.39 is 10.0 Å². The smallest absolute Gasteiger partial charge is 0.208 e. The van der Waals surface area contributed by atoms with E-state index in [1.165, 1.54) is 0 Å². The molecule has 5 heteroatoms. The quantitative estimate of drug-likeness (QED) is 0.571. The zero-order valence-corrected chi connectivity index (χ0v) is 7.33. The van der Waals surface area contributed by atoms with Gasteiger partial charge in [-0.1, -0.05) is 0 Å². The highest BCUT2D eigenvalue weighted by Crippen LogP contribution is 1.81. The summed E-state index contributed by atoms with van der Waals surface area (Å²) in [6, 6.07) is -0.0417. The summed E-state index contributed by atoms with van der Waals surface area (Å²) in [4.78, 5) is 0. The van der Waals surface area contributed by atoms with Crippen LogP contribution in [0.25, 0.3) is 0 Å². The first-order valence-corrected chi connectivity index (χ1v) is 4.96. The zero-order chi connectivity index (χ0) is 8.20. The minimum atomic E-state index is -3.04. The van der Waals surface area contributed by atoms with Gasteiger partial charge in [0.05, 0.1) is 6.26 Å². The second-order valence-corrected chi connectivity index (χ2v) is 4.13. The molecule has 2 N–H and O–H groups in total. The van der Waals surface area contributed by atoms with E-state index in [-0.39, 0.29) is 6.04 Å². The Balaban J connectivity index is 3.69. The first-order valence-electron chi connectivity index (χ1n) is 3.07. The van der Waals surface area contributed by atoms with E-state index in [1.807, 2.05) is 0 Å². The lowest BCUT2D eigenvalue weighted by Gasteiger charge is -2.10. The van der Waals surface area contributed by atoms with Crippen LogP contribution in [0.5, 0.6) is 0 Å². The van der Waals surface area contributed by atoms with Crippen LogP contribution in [0, 0.1) is 0 Å². The van der Waals surface area contributed by atoms with E-state index in [2.05, 4.69) is 10.0 Å². The Bertz CT molecular complexity index is 176. The molecule has 0 aliphatic heterocycles. The van der Waals surface area contributed by atoms with Gasteiger partial charge in [-0.2, -0.15) is 0 Å². The molecular weight excluding hydrogens is 152 g/mol. The maximum Gasteiger partial charge on any atom is 0.208 e. The van der Waals surface area contributed by atoms with Gasteiger partial charge in [0.2, 0.25) is 10.0 Å². The van der Waals surface area contributed by atoms with E-state index in [0.717, 1.165) is 6.26 Å². The van der Waals surface area contributed by atoms with Crippen LogP contribution in [-0.4, -0.2) is 34.3 Å². The zero-order valence-electron chi connectivity index (χ0n) is 6.51. The molecule has 0 heterocycles. The molecule has 1 unspecified atom stereocenters. The van der Waals surface area contributed by atoms with Crippen molar-refractivity contribution in [2.75, 3.05) is 19.8 Å². The van der Waals surface area contributed by atoms with Crippen LogP contribution in [0.15, 0.2) is 0 Å². The normalized spacial score (nSPS) is 15.1. The number of hydrogen-bond acceptors (Lipinski definition) is 3. The molecule has 0 rings (SSSR count). The van der Waals surface area contributed by atoms with Crippen LogP contribution in [0.4, 0.5) is 0 Å². The monoisotopic (exact) mass is 166 g/mol. The molecule has 62 valence electrons. The van der Waals surface area contributed by atoms with Gasteiger partial charge < -0.3 is 5.32 Å². The van der Waals surface area contributed by atoms with Gasteiger partial charge in [0.1, 0.15) is 0 Å². The fourth-order valence-electron chi connectivity index (χ4n) is 0.713. The van der Waals surface area contributed by atoms with Crippen LogP contribution < -0.4 is 10.0 Å². The molecule has 0 saturated heterocycles. The largest absolute Gasteiger partial charge is 0.318 e. The van der Waals surface area contributed by atoms with Crippen LogP contribution in [0.2, 0.25) is 0 Å². The third kappa shape index (κ3) is 6.00. The van der Waals surface area contributed by atoms with Crippen molar-refractivity contribution in [2.45, 2.75) is 13.0 Å². The molecule has 0 aliphatic carbocycles. The Morgan fingerprint density at radius 1 is 1.50 bits per heavy atom.